The van der Waals surface area contributed by atoms with Gasteiger partial charge in [0.05, 0.1) is 50.3 Å². The van der Waals surface area contributed by atoms with Gasteiger partial charge in [0.15, 0.2) is 11.5 Å². The molecule has 0 atom stereocenters. The van der Waals surface area contributed by atoms with E-state index in [9.17, 15) is 17.6 Å². The van der Waals surface area contributed by atoms with Gasteiger partial charge < -0.3 is 18.9 Å². The van der Waals surface area contributed by atoms with Crippen LogP contribution in [0.15, 0.2) is 64.6 Å². The minimum atomic E-state index is -4.39. The van der Waals surface area contributed by atoms with Gasteiger partial charge in [0, 0.05) is 17.7 Å². The summed E-state index contributed by atoms with van der Waals surface area (Å²) in [6.07, 6.45) is 1.02. The molecule has 1 N–H and O–H groups in total. The number of benzene rings is 3. The Balaban J connectivity index is 2.02. The molecule has 10 nitrogen and oxygen atoms in total. The molecule has 3 aromatic rings. The number of nitrogens with zero attached hydrogens (tertiary/aromatic N) is 2. The number of rotatable bonds is 11. The van der Waals surface area contributed by atoms with E-state index >= 15 is 0 Å². The van der Waals surface area contributed by atoms with Crippen LogP contribution in [0.1, 0.15) is 5.56 Å². The number of ether oxygens (including phenoxy) is 4. The lowest BCUT2D eigenvalue weighted by Crippen LogP contribution is -2.39. The summed E-state index contributed by atoms with van der Waals surface area (Å²) in [6, 6.07) is 12.6. The average molecular weight is 566 g/mol. The standard InChI is InChI=1S/C25H25ClFN3O7S/c1-34-16-8-10-22(35-2)21(12-16)30(38(32,33)17-9-11-23(36-3)24(13-17)37-4)15-25(31)29-28-14-18-19(26)6-5-7-20(18)27/h5-14H,15H2,1-4H3,(H,29,31)/b28-14-. The fraction of sp³-hybridized carbons (Fsp3) is 0.200. The largest absolute Gasteiger partial charge is 0.497 e. The lowest BCUT2D eigenvalue weighted by Gasteiger charge is -2.26. The van der Waals surface area contributed by atoms with Crippen LogP contribution in [0, 0.1) is 5.82 Å². The van der Waals surface area contributed by atoms with E-state index in [1.54, 1.807) is 6.07 Å². The average Bonchev–Trinajstić information content (AvgIpc) is 2.92. The molecule has 0 unspecified atom stereocenters. The third-order valence-electron chi connectivity index (χ3n) is 5.27. The number of methoxy groups -OCH3 is 4. The molecule has 0 aliphatic heterocycles. The van der Waals surface area contributed by atoms with Gasteiger partial charge in [-0.25, -0.2) is 18.2 Å². The van der Waals surface area contributed by atoms with Gasteiger partial charge in [0.1, 0.15) is 23.9 Å². The highest BCUT2D eigenvalue weighted by Gasteiger charge is 2.31. The maximum absolute atomic E-state index is 14.0. The van der Waals surface area contributed by atoms with Crippen molar-refractivity contribution in [2.24, 2.45) is 5.10 Å². The van der Waals surface area contributed by atoms with Gasteiger partial charge >= 0.3 is 0 Å². The molecule has 0 bridgehead atoms. The molecular weight excluding hydrogens is 541 g/mol. The van der Waals surface area contributed by atoms with Crippen LogP contribution in [-0.2, 0) is 14.8 Å². The van der Waals surface area contributed by atoms with Crippen molar-refractivity contribution in [1.29, 1.82) is 0 Å². The Bertz CT molecular complexity index is 1430. The van der Waals surface area contributed by atoms with Crippen LogP contribution in [0.2, 0.25) is 5.02 Å². The fourth-order valence-electron chi connectivity index (χ4n) is 3.36. The molecule has 0 radical (unpaired) electrons. The molecule has 0 aliphatic rings. The number of amides is 1. The van der Waals surface area contributed by atoms with E-state index in [2.05, 4.69) is 10.5 Å². The molecule has 3 aromatic carbocycles. The summed E-state index contributed by atoms with van der Waals surface area (Å²) in [7, 11) is 1.16. The molecule has 1 amide bonds. The number of carbonyl (C=O) groups excluding carboxylic acids is 1. The molecule has 0 aliphatic carbocycles. The summed E-state index contributed by atoms with van der Waals surface area (Å²) in [6.45, 7) is -0.720. The molecule has 3 rings (SSSR count). The number of carbonyl (C=O) groups is 1. The van der Waals surface area contributed by atoms with Crippen molar-refractivity contribution >= 4 is 39.4 Å². The Hall–Kier alpha value is -4.03. The highest BCUT2D eigenvalue weighted by Crippen LogP contribution is 2.37. The Labute approximate surface area is 224 Å². The minimum absolute atomic E-state index is 0.0258. The second kappa shape index (κ2) is 12.5. The number of hydrogen-bond acceptors (Lipinski definition) is 8. The molecule has 0 saturated carbocycles. The third-order valence-corrected chi connectivity index (χ3v) is 7.35. The van der Waals surface area contributed by atoms with E-state index in [0.29, 0.717) is 11.5 Å². The summed E-state index contributed by atoms with van der Waals surface area (Å²) in [5.41, 5.74) is 2.18. The summed E-state index contributed by atoms with van der Waals surface area (Å²) in [5.74, 6) is -0.514. The predicted molar refractivity (Wildman–Crippen MR) is 141 cm³/mol. The van der Waals surface area contributed by atoms with Gasteiger partial charge in [0.25, 0.3) is 15.9 Å². The Morgan fingerprint density at radius 3 is 2.29 bits per heavy atom. The van der Waals surface area contributed by atoms with Gasteiger partial charge in [-0.2, -0.15) is 5.10 Å². The molecule has 0 aromatic heterocycles. The van der Waals surface area contributed by atoms with Crippen molar-refractivity contribution in [2.45, 2.75) is 4.90 Å². The number of hydrazone groups is 1. The lowest BCUT2D eigenvalue weighted by molar-refractivity contribution is -0.119. The van der Waals surface area contributed by atoms with Crippen LogP contribution in [0.25, 0.3) is 0 Å². The molecule has 0 spiro atoms. The molecule has 202 valence electrons. The first-order chi connectivity index (χ1) is 18.2. The van der Waals surface area contributed by atoms with E-state index < -0.39 is 28.3 Å². The van der Waals surface area contributed by atoms with Crippen LogP contribution in [0.3, 0.4) is 0 Å². The minimum Gasteiger partial charge on any atom is -0.497 e. The van der Waals surface area contributed by atoms with E-state index in [1.807, 2.05) is 0 Å². The zero-order valence-corrected chi connectivity index (χ0v) is 22.5. The van der Waals surface area contributed by atoms with Crippen molar-refractivity contribution in [2.75, 3.05) is 39.3 Å². The van der Waals surface area contributed by atoms with Crippen LogP contribution in [-0.4, -0.2) is 55.5 Å². The smallest absolute Gasteiger partial charge is 0.265 e. The predicted octanol–water partition coefficient (Wildman–Crippen LogP) is 3.86. The van der Waals surface area contributed by atoms with Gasteiger partial charge in [-0.15, -0.1) is 0 Å². The van der Waals surface area contributed by atoms with Gasteiger partial charge in [-0.1, -0.05) is 17.7 Å². The van der Waals surface area contributed by atoms with Crippen LogP contribution >= 0.6 is 11.6 Å². The number of hydrogen-bond donors (Lipinski definition) is 1. The third kappa shape index (κ3) is 6.26. The maximum Gasteiger partial charge on any atom is 0.265 e. The topological polar surface area (TPSA) is 116 Å². The number of anilines is 1. The zero-order chi connectivity index (χ0) is 27.9. The summed E-state index contributed by atoms with van der Waals surface area (Å²) in [4.78, 5) is 12.7. The Morgan fingerprint density at radius 1 is 0.974 bits per heavy atom. The van der Waals surface area contributed by atoms with Crippen molar-refractivity contribution < 1.29 is 36.6 Å². The summed E-state index contributed by atoms with van der Waals surface area (Å²) < 4.78 is 63.5. The number of halogens is 2. The van der Waals surface area contributed by atoms with E-state index in [-0.39, 0.29) is 32.7 Å². The van der Waals surface area contributed by atoms with Crippen molar-refractivity contribution in [1.82, 2.24) is 5.43 Å². The number of nitrogens with one attached hydrogen (secondary N) is 1. The van der Waals surface area contributed by atoms with E-state index in [0.717, 1.165) is 10.5 Å². The normalized spacial score (nSPS) is 11.2. The first-order valence-electron chi connectivity index (χ1n) is 10.9. The second-order valence-corrected chi connectivity index (χ2v) is 9.76. The molecule has 0 heterocycles. The highest BCUT2D eigenvalue weighted by molar-refractivity contribution is 7.92. The van der Waals surface area contributed by atoms with Gasteiger partial charge in [0.2, 0.25) is 0 Å². The Kier molecular flexibility index (Phi) is 9.37. The van der Waals surface area contributed by atoms with Crippen molar-refractivity contribution in [3.63, 3.8) is 0 Å². The summed E-state index contributed by atoms with van der Waals surface area (Å²) in [5, 5.41) is 3.81. The SMILES string of the molecule is COc1ccc(OC)c(N(CC(=O)N/N=C\c2c(F)cccc2Cl)S(=O)(=O)c2ccc(OC)c(OC)c2)c1. The lowest BCUT2D eigenvalue weighted by atomic mass is 10.2. The highest BCUT2D eigenvalue weighted by atomic mass is 35.5. The van der Waals surface area contributed by atoms with Crippen LogP contribution < -0.4 is 28.7 Å². The van der Waals surface area contributed by atoms with Gasteiger partial charge in [-0.05, 0) is 36.4 Å². The van der Waals surface area contributed by atoms with Crippen molar-refractivity contribution in [3.8, 4) is 23.0 Å². The monoisotopic (exact) mass is 565 g/mol. The second-order valence-electron chi connectivity index (χ2n) is 7.49. The van der Waals surface area contributed by atoms with Gasteiger partial charge in [-0.3, -0.25) is 9.10 Å². The summed E-state index contributed by atoms with van der Waals surface area (Å²) >= 11 is 5.97. The molecule has 13 heteroatoms. The quantitative estimate of drug-likeness (QED) is 0.277. The first kappa shape index (κ1) is 28.5. The Morgan fingerprint density at radius 2 is 1.66 bits per heavy atom. The van der Waals surface area contributed by atoms with E-state index in [1.165, 1.54) is 77.0 Å². The zero-order valence-electron chi connectivity index (χ0n) is 20.9. The number of sulfonamides is 1. The molecule has 0 fully saturated rings. The van der Waals surface area contributed by atoms with Crippen LogP contribution in [0.4, 0.5) is 10.1 Å². The van der Waals surface area contributed by atoms with E-state index in [4.69, 9.17) is 30.5 Å². The molecule has 0 saturated heterocycles. The molecule has 38 heavy (non-hydrogen) atoms. The van der Waals surface area contributed by atoms with Crippen molar-refractivity contribution in [3.05, 3.63) is 71.0 Å². The fourth-order valence-corrected chi connectivity index (χ4v) is 5.02. The first-order valence-corrected chi connectivity index (χ1v) is 12.7. The van der Waals surface area contributed by atoms with Crippen LogP contribution in [0.5, 0.6) is 23.0 Å². The maximum atomic E-state index is 14.0. The molecular formula is C25H25ClFN3O7S.